The lowest BCUT2D eigenvalue weighted by atomic mass is 10.2. The molecule has 1 aromatic rings. The van der Waals surface area contributed by atoms with Crippen molar-refractivity contribution in [1.29, 1.82) is 0 Å². The minimum absolute atomic E-state index is 0.162. The first-order chi connectivity index (χ1) is 7.35. The number of nitrogens with zero attached hydrogens (tertiary/aromatic N) is 3. The third-order valence-electron chi connectivity index (χ3n) is 2.68. The molecule has 1 atom stereocenters. The summed E-state index contributed by atoms with van der Waals surface area (Å²) in [6.07, 6.45) is 3.56. The van der Waals surface area contributed by atoms with Crippen LogP contribution >= 0.6 is 0 Å². The summed E-state index contributed by atoms with van der Waals surface area (Å²) in [5.74, 6) is 6.68. The average molecular weight is 209 g/mol. The van der Waals surface area contributed by atoms with E-state index in [2.05, 4.69) is 20.3 Å². The average Bonchev–Trinajstić information content (AvgIpc) is 2.77. The van der Waals surface area contributed by atoms with Crippen molar-refractivity contribution in [3.05, 3.63) is 12.4 Å². The number of hydrogen-bond donors (Lipinski definition) is 3. The first kappa shape index (κ1) is 10.1. The van der Waals surface area contributed by atoms with E-state index in [1.54, 1.807) is 6.07 Å². The third-order valence-corrected chi connectivity index (χ3v) is 2.68. The molecule has 15 heavy (non-hydrogen) atoms. The van der Waals surface area contributed by atoms with Gasteiger partial charge in [-0.15, -0.1) is 0 Å². The first-order valence-corrected chi connectivity index (χ1v) is 5.01. The Morgan fingerprint density at radius 3 is 3.20 bits per heavy atom. The van der Waals surface area contributed by atoms with Crippen LogP contribution in [0.1, 0.15) is 12.8 Å². The Kier molecular flexibility index (Phi) is 2.98. The Bertz CT molecular complexity index is 332. The number of hydrazine groups is 1. The summed E-state index contributed by atoms with van der Waals surface area (Å²) in [7, 11) is 0. The molecule has 6 heteroatoms. The highest BCUT2D eigenvalue weighted by atomic mass is 16.3. The molecule has 1 aliphatic rings. The van der Waals surface area contributed by atoms with E-state index < -0.39 is 0 Å². The number of nitrogen functional groups attached to an aromatic ring is 1. The lowest BCUT2D eigenvalue weighted by molar-refractivity contribution is 0.266. The van der Waals surface area contributed by atoms with E-state index in [0.29, 0.717) is 5.82 Å². The minimum atomic E-state index is 0.162. The number of aliphatic hydroxyl groups excluding tert-OH is 1. The van der Waals surface area contributed by atoms with Crippen molar-refractivity contribution >= 4 is 11.6 Å². The van der Waals surface area contributed by atoms with E-state index >= 15 is 0 Å². The first-order valence-electron chi connectivity index (χ1n) is 5.01. The van der Waals surface area contributed by atoms with Crippen LogP contribution in [0.4, 0.5) is 11.6 Å². The molecule has 1 saturated heterocycles. The van der Waals surface area contributed by atoms with Crippen molar-refractivity contribution in [3.8, 4) is 0 Å². The van der Waals surface area contributed by atoms with E-state index in [1.165, 1.54) is 6.33 Å². The van der Waals surface area contributed by atoms with Gasteiger partial charge in [0.1, 0.15) is 18.0 Å². The van der Waals surface area contributed by atoms with Crippen molar-refractivity contribution in [2.75, 3.05) is 23.5 Å². The highest BCUT2D eigenvalue weighted by Crippen LogP contribution is 2.24. The van der Waals surface area contributed by atoms with Gasteiger partial charge in [0.05, 0.1) is 12.6 Å². The molecule has 0 aromatic carbocycles. The van der Waals surface area contributed by atoms with Crippen LogP contribution in [0.15, 0.2) is 12.4 Å². The smallest absolute Gasteiger partial charge is 0.145 e. The van der Waals surface area contributed by atoms with Gasteiger partial charge < -0.3 is 15.4 Å². The molecule has 0 aliphatic carbocycles. The van der Waals surface area contributed by atoms with E-state index in [1.807, 2.05) is 0 Å². The summed E-state index contributed by atoms with van der Waals surface area (Å²) in [5.41, 5.74) is 2.48. The number of aromatic nitrogens is 2. The molecule has 1 unspecified atom stereocenters. The van der Waals surface area contributed by atoms with Crippen LogP contribution in [-0.2, 0) is 0 Å². The Labute approximate surface area is 88.1 Å². The molecule has 2 rings (SSSR count). The van der Waals surface area contributed by atoms with Gasteiger partial charge in [-0.05, 0) is 12.8 Å². The van der Waals surface area contributed by atoms with Crippen molar-refractivity contribution in [2.45, 2.75) is 18.9 Å². The molecule has 4 N–H and O–H groups in total. The zero-order valence-electron chi connectivity index (χ0n) is 8.43. The maximum atomic E-state index is 9.20. The highest BCUT2D eigenvalue weighted by molar-refractivity contribution is 5.49. The fourth-order valence-corrected chi connectivity index (χ4v) is 1.91. The van der Waals surface area contributed by atoms with Crippen LogP contribution in [0.25, 0.3) is 0 Å². The van der Waals surface area contributed by atoms with Gasteiger partial charge in [0, 0.05) is 12.6 Å². The lowest BCUT2D eigenvalue weighted by Gasteiger charge is -2.23. The summed E-state index contributed by atoms with van der Waals surface area (Å²) in [4.78, 5) is 10.2. The Hall–Kier alpha value is -1.40. The fourth-order valence-electron chi connectivity index (χ4n) is 1.91. The monoisotopic (exact) mass is 209 g/mol. The van der Waals surface area contributed by atoms with Gasteiger partial charge in [0.2, 0.25) is 0 Å². The van der Waals surface area contributed by atoms with E-state index in [0.717, 1.165) is 25.2 Å². The van der Waals surface area contributed by atoms with Crippen LogP contribution in [0.2, 0.25) is 0 Å². The molecule has 2 heterocycles. The van der Waals surface area contributed by atoms with Gasteiger partial charge in [-0.2, -0.15) is 0 Å². The molecule has 0 saturated carbocycles. The van der Waals surface area contributed by atoms with Gasteiger partial charge in [-0.3, -0.25) is 0 Å². The molecule has 82 valence electrons. The number of rotatable bonds is 3. The lowest BCUT2D eigenvalue weighted by Crippen LogP contribution is -2.32. The normalized spacial score (nSPS) is 20.7. The molecule has 6 nitrogen and oxygen atoms in total. The molecule has 1 aliphatic heterocycles. The van der Waals surface area contributed by atoms with Crippen LogP contribution in [0.5, 0.6) is 0 Å². The van der Waals surface area contributed by atoms with Crippen LogP contribution in [0.3, 0.4) is 0 Å². The standard InChI is InChI=1S/C9H15N5O/c10-13-8-4-9(12-6-11-8)14-3-1-2-7(14)5-15/h4,6-7,15H,1-3,5,10H2,(H,11,12,13). The largest absolute Gasteiger partial charge is 0.394 e. The maximum Gasteiger partial charge on any atom is 0.145 e. The minimum Gasteiger partial charge on any atom is -0.394 e. The maximum absolute atomic E-state index is 9.20. The number of aliphatic hydroxyl groups is 1. The number of nitrogens with one attached hydrogen (secondary N) is 1. The van der Waals surface area contributed by atoms with Crippen molar-refractivity contribution < 1.29 is 5.11 Å². The Morgan fingerprint density at radius 2 is 2.47 bits per heavy atom. The van der Waals surface area contributed by atoms with E-state index in [9.17, 15) is 5.11 Å². The molecular formula is C9H15N5O. The van der Waals surface area contributed by atoms with Crippen molar-refractivity contribution in [2.24, 2.45) is 5.84 Å². The van der Waals surface area contributed by atoms with Gasteiger partial charge in [-0.25, -0.2) is 15.8 Å². The summed E-state index contributed by atoms with van der Waals surface area (Å²) in [5, 5.41) is 9.20. The van der Waals surface area contributed by atoms with Crippen LogP contribution in [0, 0.1) is 0 Å². The van der Waals surface area contributed by atoms with Gasteiger partial charge in [-0.1, -0.05) is 0 Å². The second-order valence-corrected chi connectivity index (χ2v) is 3.58. The topological polar surface area (TPSA) is 87.3 Å². The number of hydrogen-bond acceptors (Lipinski definition) is 6. The summed E-state index contributed by atoms with van der Waals surface area (Å²) in [6, 6.07) is 1.96. The summed E-state index contributed by atoms with van der Waals surface area (Å²) < 4.78 is 0. The summed E-state index contributed by atoms with van der Waals surface area (Å²) >= 11 is 0. The number of anilines is 2. The van der Waals surface area contributed by atoms with E-state index in [4.69, 9.17) is 5.84 Å². The molecule has 1 fully saturated rings. The van der Waals surface area contributed by atoms with Gasteiger partial charge in [0.15, 0.2) is 0 Å². The molecule has 0 amide bonds. The zero-order valence-corrected chi connectivity index (χ0v) is 8.43. The second kappa shape index (κ2) is 4.41. The zero-order chi connectivity index (χ0) is 10.7. The van der Waals surface area contributed by atoms with Crippen LogP contribution < -0.4 is 16.2 Å². The SMILES string of the molecule is NNc1cc(N2CCCC2CO)ncn1. The Morgan fingerprint density at radius 1 is 1.60 bits per heavy atom. The molecule has 0 radical (unpaired) electrons. The van der Waals surface area contributed by atoms with Gasteiger partial charge >= 0.3 is 0 Å². The molecule has 0 spiro atoms. The highest BCUT2D eigenvalue weighted by Gasteiger charge is 2.24. The molecule has 1 aromatic heterocycles. The molecular weight excluding hydrogens is 194 g/mol. The molecule has 0 bridgehead atoms. The number of nitrogens with two attached hydrogens (primary N) is 1. The van der Waals surface area contributed by atoms with Gasteiger partial charge in [0.25, 0.3) is 0 Å². The predicted octanol–water partition coefficient (Wildman–Crippen LogP) is -0.277. The van der Waals surface area contributed by atoms with E-state index in [-0.39, 0.29) is 12.6 Å². The van der Waals surface area contributed by atoms with Crippen LogP contribution in [-0.4, -0.2) is 34.3 Å². The predicted molar refractivity (Wildman–Crippen MR) is 57.3 cm³/mol. The van der Waals surface area contributed by atoms with Crippen molar-refractivity contribution in [3.63, 3.8) is 0 Å². The Balaban J connectivity index is 2.20. The fraction of sp³-hybridized carbons (Fsp3) is 0.556. The quantitative estimate of drug-likeness (QED) is 0.469. The van der Waals surface area contributed by atoms with Crippen molar-refractivity contribution in [1.82, 2.24) is 9.97 Å². The second-order valence-electron chi connectivity index (χ2n) is 3.58. The third kappa shape index (κ3) is 2.00. The summed E-state index contributed by atoms with van der Waals surface area (Å²) in [6.45, 7) is 1.08.